The quantitative estimate of drug-likeness (QED) is 0.550. The third kappa shape index (κ3) is 6.44. The molecule has 2 aromatic carbocycles. The van der Waals surface area contributed by atoms with Crippen LogP contribution in [0, 0.1) is 0 Å². The third-order valence-electron chi connectivity index (χ3n) is 5.23. The number of nitrogens with zero attached hydrogens (tertiary/aromatic N) is 3. The van der Waals surface area contributed by atoms with Gasteiger partial charge in [0.2, 0.25) is 5.91 Å². The topological polar surface area (TPSA) is 79.3 Å². The Bertz CT molecular complexity index is 1070. The lowest BCUT2D eigenvalue weighted by molar-refractivity contribution is -0.117. The second kappa shape index (κ2) is 10.3. The number of hydrogen-bond donors (Lipinski definition) is 2. The number of anilines is 1. The molecule has 1 aromatic heterocycles. The highest BCUT2D eigenvalue weighted by Gasteiger charge is 2.24. The SMILES string of the molecule is CC(C)N(CC(=O)Nc1cc(C(C)(C)C)nn1-c1ccccc1)C(=O)NCc1ccccc1. The third-order valence-corrected chi connectivity index (χ3v) is 5.23. The lowest BCUT2D eigenvalue weighted by Gasteiger charge is -2.26. The second-order valence-corrected chi connectivity index (χ2v) is 9.33. The van der Waals surface area contributed by atoms with E-state index in [-0.39, 0.29) is 29.9 Å². The molecule has 3 rings (SSSR count). The van der Waals surface area contributed by atoms with Crippen molar-refractivity contribution in [2.45, 2.75) is 52.6 Å². The first-order chi connectivity index (χ1) is 15.6. The summed E-state index contributed by atoms with van der Waals surface area (Å²) in [6, 6.07) is 20.8. The van der Waals surface area contributed by atoms with Crippen LogP contribution in [0.3, 0.4) is 0 Å². The molecule has 7 heteroatoms. The Morgan fingerprint density at radius 2 is 1.61 bits per heavy atom. The zero-order chi connectivity index (χ0) is 24.0. The van der Waals surface area contributed by atoms with Gasteiger partial charge in [-0.15, -0.1) is 0 Å². The Morgan fingerprint density at radius 3 is 2.18 bits per heavy atom. The number of carbonyl (C=O) groups excluding carboxylic acids is 2. The summed E-state index contributed by atoms with van der Waals surface area (Å²) >= 11 is 0. The summed E-state index contributed by atoms with van der Waals surface area (Å²) in [6.45, 7) is 10.3. The highest BCUT2D eigenvalue weighted by atomic mass is 16.2. The van der Waals surface area contributed by atoms with Crippen molar-refractivity contribution >= 4 is 17.8 Å². The first-order valence-electron chi connectivity index (χ1n) is 11.2. The molecule has 3 aromatic rings. The zero-order valence-corrected chi connectivity index (χ0v) is 20.0. The standard InChI is InChI=1S/C26H33N5O2/c1-19(2)30(25(33)27-17-20-12-8-6-9-13-20)18-24(32)28-23-16-22(26(3,4)5)29-31(23)21-14-10-7-11-15-21/h6-16,19H,17-18H2,1-5H3,(H,27,33)(H,28,32). The Morgan fingerprint density at radius 1 is 1.00 bits per heavy atom. The van der Waals surface area contributed by atoms with Gasteiger partial charge in [-0.2, -0.15) is 5.10 Å². The van der Waals surface area contributed by atoms with Gasteiger partial charge in [0, 0.05) is 24.1 Å². The fraction of sp³-hybridized carbons (Fsp3) is 0.346. The van der Waals surface area contributed by atoms with Crippen LogP contribution in [-0.2, 0) is 16.8 Å². The molecule has 33 heavy (non-hydrogen) atoms. The molecular weight excluding hydrogens is 414 g/mol. The molecule has 0 unspecified atom stereocenters. The molecule has 0 saturated carbocycles. The molecule has 0 bridgehead atoms. The van der Waals surface area contributed by atoms with E-state index in [9.17, 15) is 9.59 Å². The van der Waals surface area contributed by atoms with Crippen molar-refractivity contribution in [3.8, 4) is 5.69 Å². The maximum atomic E-state index is 13.0. The van der Waals surface area contributed by atoms with Gasteiger partial charge in [-0.05, 0) is 31.5 Å². The van der Waals surface area contributed by atoms with Crippen LogP contribution in [0.5, 0.6) is 0 Å². The molecule has 0 spiro atoms. The van der Waals surface area contributed by atoms with Crippen LogP contribution in [0.4, 0.5) is 10.6 Å². The average Bonchev–Trinajstić information content (AvgIpc) is 3.21. The number of urea groups is 1. The molecule has 0 atom stereocenters. The van der Waals surface area contributed by atoms with Crippen LogP contribution in [0.1, 0.15) is 45.9 Å². The first-order valence-corrected chi connectivity index (χ1v) is 11.2. The van der Waals surface area contributed by atoms with Crippen molar-refractivity contribution < 1.29 is 9.59 Å². The van der Waals surface area contributed by atoms with Crippen molar-refractivity contribution in [2.24, 2.45) is 0 Å². The normalized spacial score (nSPS) is 11.3. The summed E-state index contributed by atoms with van der Waals surface area (Å²) in [7, 11) is 0. The minimum Gasteiger partial charge on any atom is -0.334 e. The Balaban J connectivity index is 1.74. The maximum Gasteiger partial charge on any atom is 0.318 e. The van der Waals surface area contributed by atoms with Crippen molar-refractivity contribution in [1.82, 2.24) is 20.0 Å². The largest absolute Gasteiger partial charge is 0.334 e. The molecule has 174 valence electrons. The van der Waals surface area contributed by atoms with Gasteiger partial charge >= 0.3 is 6.03 Å². The monoisotopic (exact) mass is 447 g/mol. The first kappa shape index (κ1) is 24.0. The van der Waals surface area contributed by atoms with Crippen molar-refractivity contribution in [2.75, 3.05) is 11.9 Å². The van der Waals surface area contributed by atoms with Crippen molar-refractivity contribution in [3.63, 3.8) is 0 Å². The van der Waals surface area contributed by atoms with Gasteiger partial charge in [0.1, 0.15) is 12.4 Å². The maximum absolute atomic E-state index is 13.0. The Hall–Kier alpha value is -3.61. The molecule has 0 aliphatic carbocycles. The molecular formula is C26H33N5O2. The molecule has 0 aliphatic heterocycles. The van der Waals surface area contributed by atoms with Crippen molar-refractivity contribution in [3.05, 3.63) is 78.0 Å². The summed E-state index contributed by atoms with van der Waals surface area (Å²) in [5, 5.41) is 10.6. The van der Waals surface area contributed by atoms with Crippen LogP contribution in [-0.4, -0.2) is 39.2 Å². The molecule has 0 aliphatic rings. The highest BCUT2D eigenvalue weighted by Crippen LogP contribution is 2.26. The van der Waals surface area contributed by atoms with Crippen LogP contribution < -0.4 is 10.6 Å². The van der Waals surface area contributed by atoms with Gasteiger partial charge in [0.05, 0.1) is 11.4 Å². The number of hydrogen-bond acceptors (Lipinski definition) is 3. The predicted molar refractivity (Wildman–Crippen MR) is 131 cm³/mol. The lowest BCUT2D eigenvalue weighted by atomic mass is 9.92. The second-order valence-electron chi connectivity index (χ2n) is 9.33. The van der Waals surface area contributed by atoms with E-state index in [1.807, 2.05) is 80.6 Å². The van der Waals surface area contributed by atoms with Crippen molar-refractivity contribution in [1.29, 1.82) is 0 Å². The molecule has 2 N–H and O–H groups in total. The summed E-state index contributed by atoms with van der Waals surface area (Å²) in [4.78, 5) is 27.3. The summed E-state index contributed by atoms with van der Waals surface area (Å²) in [5.74, 6) is 0.292. The smallest absolute Gasteiger partial charge is 0.318 e. The Labute approximate surface area is 195 Å². The van der Waals surface area contributed by atoms with Gasteiger partial charge in [0.25, 0.3) is 0 Å². The predicted octanol–water partition coefficient (Wildman–Crippen LogP) is 4.73. The van der Waals surface area contributed by atoms with Gasteiger partial charge in [-0.3, -0.25) is 4.79 Å². The average molecular weight is 448 g/mol. The van der Waals surface area contributed by atoms with E-state index in [1.165, 1.54) is 4.90 Å². The summed E-state index contributed by atoms with van der Waals surface area (Å²) in [6.07, 6.45) is 0. The fourth-order valence-electron chi connectivity index (χ4n) is 3.30. The van der Waals surface area contributed by atoms with E-state index < -0.39 is 0 Å². The number of benzene rings is 2. The van der Waals surface area contributed by atoms with Crippen LogP contribution in [0.25, 0.3) is 5.69 Å². The number of carbonyl (C=O) groups is 2. The molecule has 0 saturated heterocycles. The lowest BCUT2D eigenvalue weighted by Crippen LogP contribution is -2.47. The number of rotatable bonds is 7. The van der Waals surface area contributed by atoms with E-state index in [0.717, 1.165) is 16.9 Å². The van der Waals surface area contributed by atoms with Gasteiger partial charge in [-0.1, -0.05) is 69.3 Å². The van der Waals surface area contributed by atoms with Gasteiger partial charge in [0.15, 0.2) is 0 Å². The number of aromatic nitrogens is 2. The van der Waals surface area contributed by atoms with Crippen LogP contribution in [0.15, 0.2) is 66.7 Å². The molecule has 0 fully saturated rings. The molecule has 7 nitrogen and oxygen atoms in total. The highest BCUT2D eigenvalue weighted by molar-refractivity contribution is 5.94. The minimum atomic E-state index is -0.282. The fourth-order valence-corrected chi connectivity index (χ4v) is 3.30. The van der Waals surface area contributed by atoms with E-state index in [0.29, 0.717) is 12.4 Å². The Kier molecular flexibility index (Phi) is 7.53. The number of para-hydroxylation sites is 1. The van der Waals surface area contributed by atoms with E-state index in [1.54, 1.807) is 4.68 Å². The van der Waals surface area contributed by atoms with Crippen LogP contribution in [0.2, 0.25) is 0 Å². The van der Waals surface area contributed by atoms with E-state index in [4.69, 9.17) is 5.10 Å². The molecule has 1 heterocycles. The van der Waals surface area contributed by atoms with E-state index in [2.05, 4.69) is 31.4 Å². The van der Waals surface area contributed by atoms with Gasteiger partial charge in [-0.25, -0.2) is 9.48 Å². The van der Waals surface area contributed by atoms with Crippen LogP contribution >= 0.6 is 0 Å². The number of nitrogens with one attached hydrogen (secondary N) is 2. The molecule has 3 amide bonds. The summed E-state index contributed by atoms with van der Waals surface area (Å²) < 4.78 is 1.73. The van der Waals surface area contributed by atoms with E-state index >= 15 is 0 Å². The number of amides is 3. The zero-order valence-electron chi connectivity index (χ0n) is 20.0. The minimum absolute atomic E-state index is 0.0664. The van der Waals surface area contributed by atoms with Gasteiger partial charge < -0.3 is 15.5 Å². The molecule has 0 radical (unpaired) electrons. The summed E-state index contributed by atoms with van der Waals surface area (Å²) in [5.41, 5.74) is 2.54.